The Morgan fingerprint density at radius 2 is 2.35 bits per heavy atom. The number of terminal acetylenes is 1. The van der Waals surface area contributed by atoms with Crippen LogP contribution in [0, 0.1) is 12.3 Å². The highest BCUT2D eigenvalue weighted by Gasteiger charge is 2.27. The van der Waals surface area contributed by atoms with Crippen LogP contribution in [0.4, 0.5) is 5.69 Å². The van der Waals surface area contributed by atoms with E-state index < -0.39 is 0 Å². The lowest BCUT2D eigenvalue weighted by atomic mass is 9.90. The van der Waals surface area contributed by atoms with Crippen molar-refractivity contribution in [2.75, 3.05) is 11.9 Å². The van der Waals surface area contributed by atoms with Gasteiger partial charge in [0.15, 0.2) is 0 Å². The van der Waals surface area contributed by atoms with Gasteiger partial charge >= 0.3 is 0 Å². The van der Waals surface area contributed by atoms with Gasteiger partial charge in [-0.2, -0.15) is 0 Å². The van der Waals surface area contributed by atoms with Crippen LogP contribution < -0.4 is 10.1 Å². The number of benzene rings is 1. The minimum Gasteiger partial charge on any atom is -0.481 e. The van der Waals surface area contributed by atoms with Gasteiger partial charge in [-0.15, -0.1) is 17.8 Å². The van der Waals surface area contributed by atoms with Crippen molar-refractivity contribution < 1.29 is 9.53 Å². The van der Waals surface area contributed by atoms with Gasteiger partial charge in [-0.05, 0) is 29.1 Å². The molecule has 0 aliphatic carbocycles. The lowest BCUT2D eigenvalue weighted by Gasteiger charge is -2.23. The Labute approximate surface area is 121 Å². The summed E-state index contributed by atoms with van der Waals surface area (Å²) < 4.78 is 5.45. The Bertz CT molecular complexity index is 684. The largest absolute Gasteiger partial charge is 0.481 e. The third-order valence-corrected chi connectivity index (χ3v) is 4.29. The minimum atomic E-state index is 0.0517. The second-order valence-corrected chi connectivity index (χ2v) is 5.52. The van der Waals surface area contributed by atoms with E-state index in [1.807, 2.05) is 35.7 Å². The maximum absolute atomic E-state index is 11.8. The third kappa shape index (κ3) is 2.40. The van der Waals surface area contributed by atoms with E-state index in [2.05, 4.69) is 11.2 Å². The maximum atomic E-state index is 11.8. The van der Waals surface area contributed by atoms with Crippen molar-refractivity contribution in [1.29, 1.82) is 0 Å². The second-order valence-electron chi connectivity index (χ2n) is 4.57. The van der Waals surface area contributed by atoms with E-state index in [0.29, 0.717) is 6.42 Å². The quantitative estimate of drug-likeness (QED) is 0.878. The number of rotatable bonds is 3. The number of carbonyl (C=O) groups excluding carboxylic acids is 1. The summed E-state index contributed by atoms with van der Waals surface area (Å²) in [6.07, 6.45) is 5.66. The van der Waals surface area contributed by atoms with E-state index >= 15 is 0 Å². The van der Waals surface area contributed by atoms with Gasteiger partial charge in [-0.3, -0.25) is 4.79 Å². The zero-order valence-electron chi connectivity index (χ0n) is 10.8. The first-order valence-electron chi connectivity index (χ1n) is 6.31. The van der Waals surface area contributed by atoms with Crippen molar-refractivity contribution in [3.8, 4) is 18.1 Å². The zero-order chi connectivity index (χ0) is 13.9. The summed E-state index contributed by atoms with van der Waals surface area (Å²) in [4.78, 5) is 13.0. The van der Waals surface area contributed by atoms with Gasteiger partial charge in [0.1, 0.15) is 12.4 Å². The Morgan fingerprint density at radius 3 is 3.20 bits per heavy atom. The molecule has 3 rings (SSSR count). The summed E-state index contributed by atoms with van der Waals surface area (Å²) in [5.41, 5.74) is 2.00. The van der Waals surface area contributed by atoms with Crippen molar-refractivity contribution in [3.63, 3.8) is 0 Å². The number of carbonyl (C=O) groups is 1. The lowest BCUT2D eigenvalue weighted by molar-refractivity contribution is -0.116. The molecule has 1 aromatic heterocycles. The molecular formula is C16H13NO2S. The molecule has 0 bridgehead atoms. The highest BCUT2D eigenvalue weighted by molar-refractivity contribution is 7.10. The molecular weight excluding hydrogens is 270 g/mol. The molecule has 0 unspecified atom stereocenters. The summed E-state index contributed by atoms with van der Waals surface area (Å²) in [6.45, 7) is 0.249. The van der Waals surface area contributed by atoms with Gasteiger partial charge < -0.3 is 10.1 Å². The summed E-state index contributed by atoms with van der Waals surface area (Å²) in [7, 11) is 0. The molecule has 1 aliphatic heterocycles. The van der Waals surface area contributed by atoms with Gasteiger partial charge in [0.25, 0.3) is 0 Å². The van der Waals surface area contributed by atoms with Crippen LogP contribution in [0.25, 0.3) is 0 Å². The molecule has 2 heterocycles. The summed E-state index contributed by atoms with van der Waals surface area (Å²) in [5.74, 6) is 3.33. The number of thiophene rings is 1. The molecule has 1 atom stereocenters. The van der Waals surface area contributed by atoms with Crippen LogP contribution in [0.15, 0.2) is 35.7 Å². The first-order valence-corrected chi connectivity index (χ1v) is 7.19. The minimum absolute atomic E-state index is 0.0517. The van der Waals surface area contributed by atoms with Crippen LogP contribution in [0.5, 0.6) is 5.75 Å². The number of hydrogen-bond acceptors (Lipinski definition) is 3. The van der Waals surface area contributed by atoms with Crippen molar-refractivity contribution in [2.45, 2.75) is 12.3 Å². The zero-order valence-corrected chi connectivity index (χ0v) is 11.6. The molecule has 100 valence electrons. The summed E-state index contributed by atoms with van der Waals surface area (Å²) >= 11 is 1.67. The highest BCUT2D eigenvalue weighted by Crippen LogP contribution is 2.41. The van der Waals surface area contributed by atoms with Gasteiger partial charge in [-0.25, -0.2) is 0 Å². The fraction of sp³-hybridized carbons (Fsp3) is 0.188. The van der Waals surface area contributed by atoms with E-state index in [4.69, 9.17) is 11.2 Å². The van der Waals surface area contributed by atoms with Gasteiger partial charge in [0, 0.05) is 17.2 Å². The molecule has 0 saturated heterocycles. The Kier molecular flexibility index (Phi) is 3.44. The molecule has 2 aromatic rings. The monoisotopic (exact) mass is 283 g/mol. The number of ether oxygens (including phenoxy) is 1. The van der Waals surface area contributed by atoms with Crippen LogP contribution >= 0.6 is 11.3 Å². The number of hydrogen-bond donors (Lipinski definition) is 1. The number of amides is 1. The van der Waals surface area contributed by atoms with Crippen LogP contribution in [0.3, 0.4) is 0 Å². The van der Waals surface area contributed by atoms with E-state index in [1.165, 1.54) is 4.88 Å². The van der Waals surface area contributed by atoms with Crippen LogP contribution in [-0.4, -0.2) is 12.5 Å². The second kappa shape index (κ2) is 5.40. The Hall–Kier alpha value is -2.25. The predicted molar refractivity (Wildman–Crippen MR) is 80.2 cm³/mol. The fourth-order valence-electron chi connectivity index (χ4n) is 2.39. The molecule has 0 fully saturated rings. The van der Waals surface area contributed by atoms with Gasteiger partial charge in [-0.1, -0.05) is 18.1 Å². The van der Waals surface area contributed by atoms with Crippen molar-refractivity contribution >= 4 is 22.9 Å². The van der Waals surface area contributed by atoms with E-state index in [1.54, 1.807) is 11.3 Å². The van der Waals surface area contributed by atoms with Crippen LogP contribution in [0.1, 0.15) is 22.8 Å². The third-order valence-electron chi connectivity index (χ3n) is 3.26. The van der Waals surface area contributed by atoms with Crippen molar-refractivity contribution in [3.05, 3.63) is 46.2 Å². The van der Waals surface area contributed by atoms with Crippen molar-refractivity contribution in [1.82, 2.24) is 0 Å². The molecule has 1 aliphatic rings. The highest BCUT2D eigenvalue weighted by atomic mass is 32.1. The summed E-state index contributed by atoms with van der Waals surface area (Å²) in [5, 5.41) is 4.90. The van der Waals surface area contributed by atoms with Crippen LogP contribution in [-0.2, 0) is 4.79 Å². The molecule has 3 nitrogen and oxygen atoms in total. The standard InChI is InChI=1S/C16H13NO2S/c1-2-7-19-12-5-3-4-11(9-12)13-10-15(18)17-14-6-8-20-16(13)14/h1,3-6,8-9,13H,7,10H2,(H,17,18)/t13-/m0/s1. The smallest absolute Gasteiger partial charge is 0.225 e. The first kappa shape index (κ1) is 12.8. The normalized spacial score (nSPS) is 16.9. The lowest BCUT2D eigenvalue weighted by Crippen LogP contribution is -2.21. The van der Waals surface area contributed by atoms with Crippen LogP contribution in [0.2, 0.25) is 0 Å². The average Bonchev–Trinajstić information content (AvgIpc) is 2.92. The molecule has 20 heavy (non-hydrogen) atoms. The molecule has 0 spiro atoms. The maximum Gasteiger partial charge on any atom is 0.225 e. The SMILES string of the molecule is C#CCOc1cccc([C@@H]2CC(=O)Nc3ccsc32)c1. The van der Waals surface area contributed by atoms with E-state index in [0.717, 1.165) is 17.0 Å². The predicted octanol–water partition coefficient (Wildman–Crippen LogP) is 3.23. The number of anilines is 1. The number of fused-ring (bicyclic) bond motifs is 1. The van der Waals surface area contributed by atoms with Gasteiger partial charge in [0.05, 0.1) is 5.69 Å². The Morgan fingerprint density at radius 1 is 1.45 bits per heavy atom. The molecule has 4 heteroatoms. The van der Waals surface area contributed by atoms with E-state index in [9.17, 15) is 4.79 Å². The van der Waals surface area contributed by atoms with E-state index in [-0.39, 0.29) is 18.4 Å². The Balaban J connectivity index is 1.94. The molecule has 1 amide bonds. The molecule has 0 saturated carbocycles. The molecule has 1 aromatic carbocycles. The summed E-state index contributed by atoms with van der Waals surface area (Å²) in [6, 6.07) is 9.74. The molecule has 1 N–H and O–H groups in total. The fourth-order valence-corrected chi connectivity index (χ4v) is 3.37. The topological polar surface area (TPSA) is 38.3 Å². The first-order chi connectivity index (χ1) is 9.78. The molecule has 0 radical (unpaired) electrons. The van der Waals surface area contributed by atoms with Crippen molar-refractivity contribution in [2.24, 2.45) is 0 Å². The van der Waals surface area contributed by atoms with Gasteiger partial charge in [0.2, 0.25) is 5.91 Å². The number of nitrogens with one attached hydrogen (secondary N) is 1. The average molecular weight is 283 g/mol.